The highest BCUT2D eigenvalue weighted by Gasteiger charge is 2.23. The summed E-state index contributed by atoms with van der Waals surface area (Å²) in [4.78, 5) is 30.2. The van der Waals surface area contributed by atoms with Gasteiger partial charge in [-0.1, -0.05) is 13.3 Å². The summed E-state index contributed by atoms with van der Waals surface area (Å²) < 4.78 is 7.56. The molecule has 0 unspecified atom stereocenters. The first-order chi connectivity index (χ1) is 15.1. The summed E-state index contributed by atoms with van der Waals surface area (Å²) in [6, 6.07) is 9.41. The van der Waals surface area contributed by atoms with Crippen molar-refractivity contribution in [2.45, 2.75) is 26.7 Å². The molecule has 1 aliphatic rings. The van der Waals surface area contributed by atoms with Crippen LogP contribution in [-0.2, 0) is 0 Å². The zero-order chi connectivity index (χ0) is 21.6. The van der Waals surface area contributed by atoms with Crippen molar-refractivity contribution in [3.63, 3.8) is 0 Å². The molecular formula is C23H28N6O2. The number of anilines is 1. The summed E-state index contributed by atoms with van der Waals surface area (Å²) >= 11 is 0. The number of imidazole rings is 1. The number of rotatable bonds is 7. The number of piperazine rings is 1. The molecule has 1 amide bonds. The molecule has 4 rings (SSSR count). The van der Waals surface area contributed by atoms with Gasteiger partial charge in [0.1, 0.15) is 29.5 Å². The molecule has 1 saturated heterocycles. The predicted molar refractivity (Wildman–Crippen MR) is 119 cm³/mol. The van der Waals surface area contributed by atoms with Crippen LogP contribution in [0, 0.1) is 6.92 Å². The molecule has 3 aromatic rings. The van der Waals surface area contributed by atoms with Crippen LogP contribution >= 0.6 is 0 Å². The number of carbonyl (C=O) groups excluding carboxylic acids is 1. The predicted octanol–water partition coefficient (Wildman–Crippen LogP) is 3.11. The molecule has 1 fully saturated rings. The van der Waals surface area contributed by atoms with E-state index in [4.69, 9.17) is 4.74 Å². The lowest BCUT2D eigenvalue weighted by molar-refractivity contribution is 0.0746. The van der Waals surface area contributed by atoms with Crippen molar-refractivity contribution in [2.24, 2.45) is 0 Å². The van der Waals surface area contributed by atoms with Crippen LogP contribution in [0.5, 0.6) is 5.75 Å². The van der Waals surface area contributed by atoms with Gasteiger partial charge in [-0.2, -0.15) is 0 Å². The maximum atomic E-state index is 12.9. The summed E-state index contributed by atoms with van der Waals surface area (Å²) in [6.07, 6.45) is 7.44. The highest BCUT2D eigenvalue weighted by Crippen LogP contribution is 2.19. The Kier molecular flexibility index (Phi) is 6.45. The number of hydrogen-bond donors (Lipinski definition) is 0. The van der Waals surface area contributed by atoms with Gasteiger partial charge in [0.25, 0.3) is 5.91 Å². The van der Waals surface area contributed by atoms with Crippen molar-refractivity contribution in [1.82, 2.24) is 24.4 Å². The number of hydrogen-bond acceptors (Lipinski definition) is 6. The number of aryl methyl sites for hydroxylation is 1. The van der Waals surface area contributed by atoms with E-state index >= 15 is 0 Å². The molecule has 3 heterocycles. The van der Waals surface area contributed by atoms with Gasteiger partial charge in [0.15, 0.2) is 0 Å². The topological polar surface area (TPSA) is 76.4 Å². The number of nitrogens with zero attached hydrogens (tertiary/aromatic N) is 6. The number of aromatic nitrogens is 4. The number of amides is 1. The van der Waals surface area contributed by atoms with E-state index in [-0.39, 0.29) is 5.91 Å². The van der Waals surface area contributed by atoms with E-state index < -0.39 is 0 Å². The fourth-order valence-electron chi connectivity index (χ4n) is 3.57. The van der Waals surface area contributed by atoms with Gasteiger partial charge in [0.05, 0.1) is 6.61 Å². The highest BCUT2D eigenvalue weighted by molar-refractivity contribution is 5.94. The molecule has 2 aromatic heterocycles. The van der Waals surface area contributed by atoms with Gasteiger partial charge in [0.2, 0.25) is 0 Å². The van der Waals surface area contributed by atoms with E-state index in [2.05, 4.69) is 26.8 Å². The van der Waals surface area contributed by atoms with Gasteiger partial charge in [0, 0.05) is 50.2 Å². The van der Waals surface area contributed by atoms with Crippen LogP contribution in [0.4, 0.5) is 5.82 Å². The quantitative estimate of drug-likeness (QED) is 0.547. The van der Waals surface area contributed by atoms with Gasteiger partial charge in [-0.3, -0.25) is 9.36 Å². The van der Waals surface area contributed by atoms with Crippen molar-refractivity contribution in [3.8, 4) is 11.6 Å². The van der Waals surface area contributed by atoms with Gasteiger partial charge in [-0.25, -0.2) is 15.0 Å². The van der Waals surface area contributed by atoms with E-state index in [1.54, 1.807) is 12.5 Å². The fraction of sp³-hybridized carbons (Fsp3) is 0.391. The zero-order valence-corrected chi connectivity index (χ0v) is 18.1. The Hall–Kier alpha value is -3.42. The molecule has 0 spiro atoms. The van der Waals surface area contributed by atoms with Crippen LogP contribution in [-0.4, -0.2) is 63.1 Å². The van der Waals surface area contributed by atoms with Crippen LogP contribution in [0.2, 0.25) is 0 Å². The normalized spacial score (nSPS) is 14.0. The fourth-order valence-corrected chi connectivity index (χ4v) is 3.57. The average Bonchev–Trinajstić information content (AvgIpc) is 3.34. The third-order valence-corrected chi connectivity index (χ3v) is 5.34. The van der Waals surface area contributed by atoms with Crippen molar-refractivity contribution in [3.05, 3.63) is 60.4 Å². The Bertz CT molecular complexity index is 995. The minimum atomic E-state index is 0.0535. The molecule has 0 radical (unpaired) electrons. The van der Waals surface area contributed by atoms with Gasteiger partial charge in [-0.15, -0.1) is 0 Å². The van der Waals surface area contributed by atoms with Crippen molar-refractivity contribution >= 4 is 11.7 Å². The number of ether oxygens (including phenoxy) is 1. The maximum Gasteiger partial charge on any atom is 0.253 e. The van der Waals surface area contributed by atoms with Crippen LogP contribution in [0.1, 0.15) is 35.9 Å². The standard InChI is InChI=1S/C23H28N6O2/c1-3-4-15-31-20-7-5-19(6-8-20)23(30)28-13-11-27(12-14-28)21-16-22(26-18(2)25-21)29-10-9-24-17-29/h5-10,16-17H,3-4,11-15H2,1-2H3. The van der Waals surface area contributed by atoms with Crippen LogP contribution < -0.4 is 9.64 Å². The third kappa shape index (κ3) is 5.02. The van der Waals surface area contributed by atoms with Gasteiger partial charge in [-0.05, 0) is 37.6 Å². The number of unbranched alkanes of at least 4 members (excludes halogenated alkanes) is 1. The summed E-state index contributed by atoms with van der Waals surface area (Å²) in [5, 5.41) is 0. The first kappa shape index (κ1) is 20.8. The Morgan fingerprint density at radius 1 is 1.06 bits per heavy atom. The SMILES string of the molecule is CCCCOc1ccc(C(=O)N2CCN(c3cc(-n4ccnc4)nc(C)n3)CC2)cc1. The highest BCUT2D eigenvalue weighted by atomic mass is 16.5. The molecule has 0 aliphatic carbocycles. The second-order valence-electron chi connectivity index (χ2n) is 7.61. The van der Waals surface area contributed by atoms with Crippen molar-refractivity contribution in [2.75, 3.05) is 37.7 Å². The lowest BCUT2D eigenvalue weighted by atomic mass is 10.1. The number of benzene rings is 1. The summed E-state index contributed by atoms with van der Waals surface area (Å²) in [5.74, 6) is 3.23. The Morgan fingerprint density at radius 2 is 1.81 bits per heavy atom. The van der Waals surface area contributed by atoms with E-state index in [1.165, 1.54) is 0 Å². The molecular weight excluding hydrogens is 392 g/mol. The lowest BCUT2D eigenvalue weighted by Gasteiger charge is -2.35. The molecule has 0 atom stereocenters. The zero-order valence-electron chi connectivity index (χ0n) is 18.1. The minimum absolute atomic E-state index is 0.0535. The first-order valence-corrected chi connectivity index (χ1v) is 10.7. The molecule has 8 heteroatoms. The lowest BCUT2D eigenvalue weighted by Crippen LogP contribution is -2.49. The summed E-state index contributed by atoms with van der Waals surface area (Å²) in [6.45, 7) is 7.48. The summed E-state index contributed by atoms with van der Waals surface area (Å²) in [7, 11) is 0. The maximum absolute atomic E-state index is 12.9. The Balaban J connectivity index is 1.37. The van der Waals surface area contributed by atoms with Crippen molar-refractivity contribution in [1.29, 1.82) is 0 Å². The monoisotopic (exact) mass is 420 g/mol. The molecule has 1 aliphatic heterocycles. The molecule has 162 valence electrons. The average molecular weight is 421 g/mol. The minimum Gasteiger partial charge on any atom is -0.494 e. The molecule has 8 nitrogen and oxygen atoms in total. The van der Waals surface area contributed by atoms with E-state index in [0.717, 1.165) is 43.3 Å². The molecule has 0 bridgehead atoms. The van der Waals surface area contributed by atoms with Crippen LogP contribution in [0.3, 0.4) is 0 Å². The van der Waals surface area contributed by atoms with E-state index in [1.807, 2.05) is 52.9 Å². The number of carbonyl (C=O) groups is 1. The second kappa shape index (κ2) is 9.59. The second-order valence-corrected chi connectivity index (χ2v) is 7.61. The summed E-state index contributed by atoms with van der Waals surface area (Å²) in [5.41, 5.74) is 0.691. The van der Waals surface area contributed by atoms with Gasteiger partial charge >= 0.3 is 0 Å². The molecule has 0 N–H and O–H groups in total. The van der Waals surface area contributed by atoms with E-state index in [9.17, 15) is 4.79 Å². The smallest absolute Gasteiger partial charge is 0.253 e. The van der Waals surface area contributed by atoms with E-state index in [0.29, 0.717) is 31.1 Å². The largest absolute Gasteiger partial charge is 0.494 e. The third-order valence-electron chi connectivity index (χ3n) is 5.34. The first-order valence-electron chi connectivity index (χ1n) is 10.7. The molecule has 31 heavy (non-hydrogen) atoms. The molecule has 0 saturated carbocycles. The van der Waals surface area contributed by atoms with Gasteiger partial charge < -0.3 is 14.5 Å². The Labute approximate surface area is 182 Å². The van der Waals surface area contributed by atoms with Crippen LogP contribution in [0.25, 0.3) is 5.82 Å². The van der Waals surface area contributed by atoms with Crippen molar-refractivity contribution < 1.29 is 9.53 Å². The Morgan fingerprint density at radius 3 is 2.48 bits per heavy atom. The molecule has 1 aromatic carbocycles. The van der Waals surface area contributed by atoms with Crippen LogP contribution in [0.15, 0.2) is 49.1 Å².